The Bertz CT molecular complexity index is 1060. The zero-order valence-electron chi connectivity index (χ0n) is 17.4. The first kappa shape index (κ1) is 21.5. The van der Waals surface area contributed by atoms with Crippen LogP contribution in [0.15, 0.2) is 18.2 Å². The van der Waals surface area contributed by atoms with Gasteiger partial charge in [-0.05, 0) is 51.5 Å². The summed E-state index contributed by atoms with van der Waals surface area (Å²) in [5.41, 5.74) is 3.03. The highest BCUT2D eigenvalue weighted by atomic mass is 32.2. The molecule has 1 aromatic heterocycles. The molecule has 0 amide bonds. The maximum absolute atomic E-state index is 12.4. The topological polar surface area (TPSA) is 86.4 Å². The summed E-state index contributed by atoms with van der Waals surface area (Å²) in [5.74, 6) is 0. The first-order valence-electron chi connectivity index (χ1n) is 9.91. The Morgan fingerprint density at radius 1 is 1.17 bits per heavy atom. The van der Waals surface area contributed by atoms with Crippen molar-refractivity contribution in [1.82, 2.24) is 13.8 Å². The van der Waals surface area contributed by atoms with E-state index in [2.05, 4.69) is 17.9 Å². The molecule has 7 nitrogen and oxygen atoms in total. The van der Waals surface area contributed by atoms with Crippen LogP contribution >= 0.6 is 0 Å². The third-order valence-corrected chi connectivity index (χ3v) is 8.21. The van der Waals surface area contributed by atoms with Gasteiger partial charge in [-0.15, -0.1) is 0 Å². The maximum Gasteiger partial charge on any atom is 0.216 e. The summed E-state index contributed by atoms with van der Waals surface area (Å²) in [6.45, 7) is 10.4. The van der Waals surface area contributed by atoms with Crippen LogP contribution in [0.1, 0.15) is 42.4 Å². The summed E-state index contributed by atoms with van der Waals surface area (Å²) in [6.07, 6.45) is 0.839. The van der Waals surface area contributed by atoms with Crippen molar-refractivity contribution < 1.29 is 13.2 Å². The maximum atomic E-state index is 12.4. The Morgan fingerprint density at radius 3 is 2.38 bits per heavy atom. The Labute approximate surface area is 172 Å². The minimum absolute atomic E-state index is 0.146. The van der Waals surface area contributed by atoms with Crippen molar-refractivity contribution in [3.8, 4) is 6.07 Å². The molecule has 0 saturated carbocycles. The normalized spacial score (nSPS) is 17.5. The molecule has 156 valence electrons. The first-order valence-corrected chi connectivity index (χ1v) is 11.4. The number of nitriles is 1. The van der Waals surface area contributed by atoms with E-state index in [4.69, 9.17) is 0 Å². The van der Waals surface area contributed by atoms with Gasteiger partial charge in [-0.2, -0.15) is 9.57 Å². The summed E-state index contributed by atoms with van der Waals surface area (Å²) in [7, 11) is -3.22. The lowest BCUT2D eigenvalue weighted by Gasteiger charge is -2.38. The molecule has 29 heavy (non-hydrogen) atoms. The number of hydrogen-bond acceptors (Lipinski definition) is 5. The molecular weight excluding hydrogens is 388 g/mol. The van der Waals surface area contributed by atoms with E-state index in [1.54, 1.807) is 24.2 Å². The van der Waals surface area contributed by atoms with Crippen molar-refractivity contribution >= 4 is 27.2 Å². The molecule has 1 aliphatic rings. The number of aryl methyl sites for hydroxylation is 1. The van der Waals surface area contributed by atoms with Gasteiger partial charge in [-0.1, -0.05) is 0 Å². The molecule has 1 aliphatic heterocycles. The molecule has 0 bridgehead atoms. The molecule has 1 unspecified atom stereocenters. The molecule has 8 heteroatoms. The standard InChI is InChI=1S/C21H28N4O3S/c1-15(2)29(27,28)24-9-7-23(8-10-24)16(3)13-25-19(12-22)11-20-17(4)18(14-26)5-6-21(20)25/h5-6,11,14-16H,7-10,13H2,1-4H3. The summed E-state index contributed by atoms with van der Waals surface area (Å²) in [6, 6.07) is 7.95. The highest BCUT2D eigenvalue weighted by Crippen LogP contribution is 2.26. The molecule has 2 heterocycles. The van der Waals surface area contributed by atoms with Crippen LogP contribution in [0.25, 0.3) is 10.9 Å². The number of sulfonamides is 1. The average molecular weight is 417 g/mol. The predicted octanol–water partition coefficient (Wildman–Crippen LogP) is 2.38. The number of fused-ring (bicyclic) bond motifs is 1. The van der Waals surface area contributed by atoms with Crippen LogP contribution in [-0.2, 0) is 16.6 Å². The van der Waals surface area contributed by atoms with Crippen LogP contribution in [0.4, 0.5) is 0 Å². The highest BCUT2D eigenvalue weighted by molar-refractivity contribution is 7.89. The Balaban J connectivity index is 1.79. The van der Waals surface area contributed by atoms with Crippen molar-refractivity contribution in [3.05, 3.63) is 35.0 Å². The lowest BCUT2D eigenvalue weighted by atomic mass is 10.1. The second-order valence-electron chi connectivity index (χ2n) is 7.96. The quantitative estimate of drug-likeness (QED) is 0.675. The van der Waals surface area contributed by atoms with Gasteiger partial charge in [0.25, 0.3) is 0 Å². The number of carbonyl (C=O) groups excluding carboxylic acids is 1. The number of aldehydes is 1. The predicted molar refractivity (Wildman–Crippen MR) is 113 cm³/mol. The van der Waals surface area contributed by atoms with Crippen LogP contribution in [0.5, 0.6) is 0 Å². The number of carbonyl (C=O) groups is 1. The Hall–Kier alpha value is -2.21. The van der Waals surface area contributed by atoms with Gasteiger partial charge in [0, 0.05) is 55.2 Å². The minimum Gasteiger partial charge on any atom is -0.331 e. The lowest BCUT2D eigenvalue weighted by Crippen LogP contribution is -2.53. The van der Waals surface area contributed by atoms with E-state index in [1.807, 2.05) is 23.6 Å². The largest absolute Gasteiger partial charge is 0.331 e. The fraction of sp³-hybridized carbons (Fsp3) is 0.524. The summed E-state index contributed by atoms with van der Waals surface area (Å²) >= 11 is 0. The van der Waals surface area contributed by atoms with Gasteiger partial charge < -0.3 is 4.57 Å². The van der Waals surface area contributed by atoms with Crippen molar-refractivity contribution in [2.24, 2.45) is 0 Å². The number of aromatic nitrogens is 1. The van der Waals surface area contributed by atoms with E-state index in [-0.39, 0.29) is 6.04 Å². The summed E-state index contributed by atoms with van der Waals surface area (Å²) < 4.78 is 28.3. The van der Waals surface area contributed by atoms with Crippen LogP contribution in [0.3, 0.4) is 0 Å². The van der Waals surface area contributed by atoms with Gasteiger partial charge in [0.1, 0.15) is 18.0 Å². The molecule has 1 saturated heterocycles. The van der Waals surface area contributed by atoms with Crippen molar-refractivity contribution in [2.75, 3.05) is 26.2 Å². The smallest absolute Gasteiger partial charge is 0.216 e. The SMILES string of the molecule is Cc1c(C=O)ccc2c1cc(C#N)n2CC(C)N1CCN(S(=O)(=O)C(C)C)CC1. The molecule has 0 spiro atoms. The second kappa shape index (κ2) is 8.27. The van der Waals surface area contributed by atoms with Gasteiger partial charge >= 0.3 is 0 Å². The third kappa shape index (κ3) is 3.95. The number of piperazine rings is 1. The molecule has 0 N–H and O–H groups in total. The minimum atomic E-state index is -3.22. The van der Waals surface area contributed by atoms with Crippen LogP contribution in [0, 0.1) is 18.3 Å². The van der Waals surface area contributed by atoms with Gasteiger partial charge in [-0.3, -0.25) is 9.69 Å². The van der Waals surface area contributed by atoms with Crippen molar-refractivity contribution in [3.63, 3.8) is 0 Å². The second-order valence-corrected chi connectivity index (χ2v) is 10.4. The summed E-state index contributed by atoms with van der Waals surface area (Å²) in [5, 5.41) is 10.1. The monoisotopic (exact) mass is 416 g/mol. The third-order valence-electron chi connectivity index (χ3n) is 5.94. The Morgan fingerprint density at radius 2 is 1.83 bits per heavy atom. The molecule has 1 atom stereocenters. The van der Waals surface area contributed by atoms with Gasteiger partial charge in [0.05, 0.1) is 5.25 Å². The van der Waals surface area contributed by atoms with Gasteiger partial charge in [-0.25, -0.2) is 8.42 Å². The fourth-order valence-electron chi connectivity index (χ4n) is 3.99. The molecule has 0 aliphatic carbocycles. The fourth-order valence-corrected chi connectivity index (χ4v) is 5.26. The molecule has 1 aromatic carbocycles. The van der Waals surface area contributed by atoms with Crippen molar-refractivity contribution in [1.29, 1.82) is 5.26 Å². The molecule has 1 fully saturated rings. The van der Waals surface area contributed by atoms with Crippen LogP contribution < -0.4 is 0 Å². The van der Waals surface area contributed by atoms with Crippen molar-refractivity contribution in [2.45, 2.75) is 45.5 Å². The number of rotatable bonds is 6. The van der Waals surface area contributed by atoms with Gasteiger partial charge in [0.2, 0.25) is 10.0 Å². The van der Waals surface area contributed by atoms with Crippen LogP contribution in [0.2, 0.25) is 0 Å². The van der Waals surface area contributed by atoms with E-state index >= 15 is 0 Å². The first-order chi connectivity index (χ1) is 13.7. The zero-order valence-corrected chi connectivity index (χ0v) is 18.2. The van der Waals surface area contributed by atoms with E-state index < -0.39 is 15.3 Å². The van der Waals surface area contributed by atoms with E-state index in [0.717, 1.165) is 22.8 Å². The Kier molecular flexibility index (Phi) is 6.13. The molecule has 3 rings (SSSR count). The average Bonchev–Trinajstić information content (AvgIpc) is 3.06. The van der Waals surface area contributed by atoms with E-state index in [0.29, 0.717) is 44.0 Å². The van der Waals surface area contributed by atoms with Crippen LogP contribution in [-0.4, -0.2) is 65.9 Å². The molecule has 2 aromatic rings. The van der Waals surface area contributed by atoms with E-state index in [9.17, 15) is 18.5 Å². The number of nitrogens with zero attached hydrogens (tertiary/aromatic N) is 4. The number of benzene rings is 1. The number of hydrogen-bond donors (Lipinski definition) is 0. The summed E-state index contributed by atoms with van der Waals surface area (Å²) in [4.78, 5) is 13.5. The zero-order chi connectivity index (χ0) is 21.3. The lowest BCUT2D eigenvalue weighted by molar-refractivity contribution is 0.112. The molecular formula is C21H28N4O3S. The van der Waals surface area contributed by atoms with E-state index in [1.165, 1.54) is 0 Å². The molecule has 0 radical (unpaired) electrons. The van der Waals surface area contributed by atoms with Gasteiger partial charge in [0.15, 0.2) is 0 Å². The highest BCUT2D eigenvalue weighted by Gasteiger charge is 2.31.